The summed E-state index contributed by atoms with van der Waals surface area (Å²) < 4.78 is 6.50. The molecule has 0 atom stereocenters. The van der Waals surface area contributed by atoms with Crippen molar-refractivity contribution in [3.8, 4) is 16.9 Å². The molecule has 0 bridgehead atoms. The van der Waals surface area contributed by atoms with Crippen molar-refractivity contribution in [1.82, 2.24) is 10.3 Å². The number of carbonyl (C=O) groups is 1. The van der Waals surface area contributed by atoms with E-state index >= 15 is 0 Å². The third kappa shape index (κ3) is 4.87. The van der Waals surface area contributed by atoms with E-state index in [1.54, 1.807) is 18.4 Å². The van der Waals surface area contributed by atoms with E-state index in [1.807, 2.05) is 54.6 Å². The molecule has 7 heteroatoms. The molecule has 0 saturated heterocycles. The average Bonchev–Trinajstić information content (AvgIpc) is 3.54. The first kappa shape index (κ1) is 22.3. The Morgan fingerprint density at radius 1 is 0.941 bits per heavy atom. The van der Waals surface area contributed by atoms with Crippen LogP contribution in [0.15, 0.2) is 84.2 Å². The molecule has 5 rings (SSSR count). The van der Waals surface area contributed by atoms with Gasteiger partial charge in [-0.3, -0.25) is 10.1 Å². The molecular formula is C27H23N3O2S2. The Hall–Kier alpha value is -3.52. The highest BCUT2D eigenvalue weighted by molar-refractivity contribution is 7.23. The number of aromatic nitrogens is 1. The van der Waals surface area contributed by atoms with Crippen LogP contribution in [-0.4, -0.2) is 18.0 Å². The fraction of sp³-hybridized carbons (Fsp3) is 0.111. The average molecular weight is 486 g/mol. The Morgan fingerprint density at radius 3 is 2.50 bits per heavy atom. The Morgan fingerprint density at radius 2 is 1.76 bits per heavy atom. The quantitative estimate of drug-likeness (QED) is 0.261. The lowest BCUT2D eigenvalue weighted by Crippen LogP contribution is -2.13. The second-order valence-electron chi connectivity index (χ2n) is 7.71. The predicted molar refractivity (Wildman–Crippen MR) is 141 cm³/mol. The number of ether oxygens (including phenoxy) is 1. The standard InChI is InChI=1S/C27H23N3O2S2/c1-32-23-14-13-22(19-6-3-2-4-7-19)25-24(23)29-27(34-25)30-26(31)20-11-9-18(10-12-20)16-28-17-21-8-5-15-33-21/h2-15,28H,16-17H2,1H3,(H,29,30,31). The molecule has 0 aliphatic heterocycles. The highest BCUT2D eigenvalue weighted by Crippen LogP contribution is 2.39. The number of fused-ring (bicyclic) bond motifs is 1. The summed E-state index contributed by atoms with van der Waals surface area (Å²) in [6.45, 7) is 1.59. The smallest absolute Gasteiger partial charge is 0.257 e. The minimum Gasteiger partial charge on any atom is -0.494 e. The van der Waals surface area contributed by atoms with Crippen LogP contribution in [0.25, 0.3) is 21.3 Å². The number of carbonyl (C=O) groups excluding carboxylic acids is 1. The zero-order valence-electron chi connectivity index (χ0n) is 18.6. The molecule has 0 aliphatic carbocycles. The summed E-state index contributed by atoms with van der Waals surface area (Å²) in [4.78, 5) is 18.9. The number of hydrogen-bond donors (Lipinski definition) is 2. The molecule has 0 radical (unpaired) electrons. The Bertz CT molecular complexity index is 1400. The lowest BCUT2D eigenvalue weighted by molar-refractivity contribution is 0.102. The number of hydrogen-bond acceptors (Lipinski definition) is 6. The van der Waals surface area contributed by atoms with E-state index in [9.17, 15) is 4.79 Å². The predicted octanol–water partition coefficient (Wildman–Crippen LogP) is 6.58. The SMILES string of the molecule is COc1ccc(-c2ccccc2)c2sc(NC(=O)c3ccc(CNCc4cccs4)cc3)nc12. The van der Waals surface area contributed by atoms with Crippen molar-refractivity contribution >= 4 is 43.9 Å². The third-order valence-corrected chi connectivity index (χ3v) is 7.34. The second-order valence-corrected chi connectivity index (χ2v) is 9.74. The molecule has 2 aromatic heterocycles. The molecule has 0 aliphatic rings. The Labute approximate surface area is 206 Å². The number of anilines is 1. The highest BCUT2D eigenvalue weighted by Gasteiger charge is 2.16. The van der Waals surface area contributed by atoms with Gasteiger partial charge in [0.25, 0.3) is 5.91 Å². The maximum absolute atomic E-state index is 12.9. The maximum Gasteiger partial charge on any atom is 0.257 e. The lowest BCUT2D eigenvalue weighted by Gasteiger charge is -2.05. The summed E-state index contributed by atoms with van der Waals surface area (Å²) in [6.07, 6.45) is 0. The van der Waals surface area contributed by atoms with Gasteiger partial charge in [0.15, 0.2) is 5.13 Å². The van der Waals surface area contributed by atoms with Crippen molar-refractivity contribution in [3.05, 3.63) is 100 Å². The normalized spacial score (nSPS) is 11.0. The minimum absolute atomic E-state index is 0.183. The molecule has 170 valence electrons. The van der Waals surface area contributed by atoms with Crippen molar-refractivity contribution in [1.29, 1.82) is 0 Å². The van der Waals surface area contributed by atoms with Crippen LogP contribution in [0.4, 0.5) is 5.13 Å². The van der Waals surface area contributed by atoms with Gasteiger partial charge >= 0.3 is 0 Å². The van der Waals surface area contributed by atoms with Gasteiger partial charge in [-0.2, -0.15) is 0 Å². The van der Waals surface area contributed by atoms with Crippen LogP contribution in [0.5, 0.6) is 5.75 Å². The summed E-state index contributed by atoms with van der Waals surface area (Å²) in [5.74, 6) is 0.503. The summed E-state index contributed by atoms with van der Waals surface area (Å²) in [6, 6.07) is 25.9. The largest absolute Gasteiger partial charge is 0.494 e. The van der Waals surface area contributed by atoms with Gasteiger partial charge in [-0.1, -0.05) is 59.9 Å². The Kier molecular flexibility index (Phi) is 6.67. The van der Waals surface area contributed by atoms with Crippen molar-refractivity contribution in [2.75, 3.05) is 12.4 Å². The van der Waals surface area contributed by atoms with E-state index < -0.39 is 0 Å². The van der Waals surface area contributed by atoms with Gasteiger partial charge in [-0.05, 0) is 46.8 Å². The minimum atomic E-state index is -0.183. The number of thiazole rings is 1. The molecule has 5 nitrogen and oxygen atoms in total. The molecule has 1 amide bonds. The van der Waals surface area contributed by atoms with Gasteiger partial charge in [0.2, 0.25) is 0 Å². The zero-order valence-corrected chi connectivity index (χ0v) is 20.2. The first-order chi connectivity index (χ1) is 16.7. The van der Waals surface area contributed by atoms with E-state index in [4.69, 9.17) is 4.74 Å². The van der Waals surface area contributed by atoms with Crippen molar-refractivity contribution in [2.45, 2.75) is 13.1 Å². The topological polar surface area (TPSA) is 63.2 Å². The second kappa shape index (κ2) is 10.2. The van der Waals surface area contributed by atoms with Crippen LogP contribution in [0.3, 0.4) is 0 Å². The highest BCUT2D eigenvalue weighted by atomic mass is 32.1. The van der Waals surface area contributed by atoms with Gasteiger partial charge < -0.3 is 10.1 Å². The van der Waals surface area contributed by atoms with Crippen LogP contribution in [0.2, 0.25) is 0 Å². The first-order valence-corrected chi connectivity index (χ1v) is 12.6. The van der Waals surface area contributed by atoms with E-state index in [1.165, 1.54) is 16.2 Å². The summed E-state index contributed by atoms with van der Waals surface area (Å²) >= 11 is 3.19. The van der Waals surface area contributed by atoms with Crippen LogP contribution >= 0.6 is 22.7 Å². The molecule has 2 N–H and O–H groups in total. The molecule has 0 unspecified atom stereocenters. The fourth-order valence-electron chi connectivity index (χ4n) is 3.73. The van der Waals surface area contributed by atoms with Crippen molar-refractivity contribution in [2.24, 2.45) is 0 Å². The lowest BCUT2D eigenvalue weighted by atomic mass is 10.1. The molecule has 0 saturated carbocycles. The van der Waals surface area contributed by atoms with Gasteiger partial charge in [0.05, 0.1) is 11.8 Å². The van der Waals surface area contributed by atoms with Gasteiger partial charge in [-0.15, -0.1) is 11.3 Å². The summed E-state index contributed by atoms with van der Waals surface area (Å²) in [7, 11) is 1.63. The number of nitrogens with one attached hydrogen (secondary N) is 2. The molecular weight excluding hydrogens is 462 g/mol. The number of amides is 1. The van der Waals surface area contributed by atoms with Crippen LogP contribution < -0.4 is 15.4 Å². The number of nitrogens with zero attached hydrogens (tertiary/aromatic N) is 1. The molecule has 0 fully saturated rings. The molecule has 3 aromatic carbocycles. The monoisotopic (exact) mass is 485 g/mol. The van der Waals surface area contributed by atoms with E-state index in [2.05, 4.69) is 45.3 Å². The van der Waals surface area contributed by atoms with Gasteiger partial charge in [0, 0.05) is 29.1 Å². The molecule has 0 spiro atoms. The zero-order chi connectivity index (χ0) is 23.3. The van der Waals surface area contributed by atoms with E-state index in [0.717, 1.165) is 40.0 Å². The third-order valence-electron chi connectivity index (χ3n) is 5.46. The fourth-order valence-corrected chi connectivity index (χ4v) is 5.42. The van der Waals surface area contributed by atoms with Gasteiger partial charge in [-0.25, -0.2) is 4.98 Å². The molecule has 5 aromatic rings. The van der Waals surface area contributed by atoms with Gasteiger partial charge in [0.1, 0.15) is 11.3 Å². The van der Waals surface area contributed by atoms with Crippen molar-refractivity contribution in [3.63, 3.8) is 0 Å². The van der Waals surface area contributed by atoms with Crippen molar-refractivity contribution < 1.29 is 9.53 Å². The van der Waals surface area contributed by atoms with E-state index in [-0.39, 0.29) is 5.91 Å². The summed E-state index contributed by atoms with van der Waals surface area (Å²) in [5.41, 5.74) is 4.63. The number of benzene rings is 3. The molecule has 34 heavy (non-hydrogen) atoms. The number of thiophene rings is 1. The summed E-state index contributed by atoms with van der Waals surface area (Å²) in [5, 5.41) is 9.01. The Balaban J connectivity index is 1.31. The van der Waals surface area contributed by atoms with Crippen LogP contribution in [-0.2, 0) is 13.1 Å². The molecule has 2 heterocycles. The number of methoxy groups -OCH3 is 1. The van der Waals surface area contributed by atoms with Crippen LogP contribution in [0.1, 0.15) is 20.8 Å². The van der Waals surface area contributed by atoms with E-state index in [0.29, 0.717) is 16.4 Å². The van der Waals surface area contributed by atoms with Crippen LogP contribution in [0, 0.1) is 0 Å². The number of rotatable bonds is 8. The maximum atomic E-state index is 12.9. The first-order valence-electron chi connectivity index (χ1n) is 10.9.